The van der Waals surface area contributed by atoms with Crippen molar-refractivity contribution in [3.63, 3.8) is 0 Å². The van der Waals surface area contributed by atoms with Gasteiger partial charge in [0.15, 0.2) is 0 Å². The van der Waals surface area contributed by atoms with Crippen molar-refractivity contribution >= 4 is 5.78 Å². The van der Waals surface area contributed by atoms with Gasteiger partial charge in [0.25, 0.3) is 0 Å². The molecule has 1 nitrogen and oxygen atoms in total. The van der Waals surface area contributed by atoms with Crippen LogP contribution in [0.4, 0.5) is 0 Å². The van der Waals surface area contributed by atoms with Crippen LogP contribution in [0, 0.1) is 11.8 Å². The second-order valence-corrected chi connectivity index (χ2v) is 3.23. The van der Waals surface area contributed by atoms with Gasteiger partial charge < -0.3 is 0 Å². The first-order valence-electron chi connectivity index (χ1n) is 3.37. The van der Waals surface area contributed by atoms with E-state index in [0.29, 0.717) is 12.2 Å². The minimum Gasteiger partial charge on any atom is -0.299 e. The van der Waals surface area contributed by atoms with Gasteiger partial charge in [-0.1, -0.05) is 13.8 Å². The lowest BCUT2D eigenvalue weighted by atomic mass is 9.76. The fourth-order valence-corrected chi connectivity index (χ4v) is 1.04. The number of ketones is 1. The summed E-state index contributed by atoms with van der Waals surface area (Å²) < 4.78 is 0. The summed E-state index contributed by atoms with van der Waals surface area (Å²) in [6.45, 7) is 3.98. The molecule has 0 N–H and O–H groups in total. The molecular formula is C8H12O. The van der Waals surface area contributed by atoms with Gasteiger partial charge >= 0.3 is 0 Å². The average Bonchev–Trinajstić information content (AvgIpc) is 1.77. The van der Waals surface area contributed by atoms with Crippen molar-refractivity contribution in [3.8, 4) is 0 Å². The van der Waals surface area contributed by atoms with Gasteiger partial charge in [0.2, 0.25) is 0 Å². The van der Waals surface area contributed by atoms with Crippen LogP contribution in [0.1, 0.15) is 33.1 Å². The van der Waals surface area contributed by atoms with Crippen LogP contribution in [0.3, 0.4) is 0 Å². The highest BCUT2D eigenvalue weighted by Crippen LogP contribution is 2.30. The maximum atomic E-state index is 11.1. The molecule has 0 aliphatic heterocycles. The highest BCUT2D eigenvalue weighted by atomic mass is 16.1. The molecule has 1 aliphatic carbocycles. The Balaban J connectivity index is 2.60. The average molecular weight is 124 g/mol. The zero-order valence-corrected chi connectivity index (χ0v) is 6.03. The largest absolute Gasteiger partial charge is 0.299 e. The summed E-state index contributed by atoms with van der Waals surface area (Å²) in [6.07, 6.45) is 5.59. The van der Waals surface area contributed by atoms with Crippen molar-refractivity contribution in [1.82, 2.24) is 0 Å². The predicted octanol–water partition coefficient (Wildman–Crippen LogP) is 1.85. The molecule has 0 aromatic rings. The van der Waals surface area contributed by atoms with E-state index in [0.717, 1.165) is 12.8 Å². The van der Waals surface area contributed by atoms with E-state index >= 15 is 0 Å². The molecule has 9 heavy (non-hydrogen) atoms. The third kappa shape index (κ3) is 1.32. The Labute approximate surface area is 56.4 Å². The second-order valence-electron chi connectivity index (χ2n) is 3.23. The van der Waals surface area contributed by atoms with Crippen molar-refractivity contribution in [2.24, 2.45) is 5.41 Å². The topological polar surface area (TPSA) is 17.1 Å². The molecule has 0 heterocycles. The zero-order chi connectivity index (χ0) is 6.91. The number of hydrogen-bond donors (Lipinski definition) is 0. The van der Waals surface area contributed by atoms with Crippen molar-refractivity contribution in [2.75, 3.05) is 0 Å². The Morgan fingerprint density at radius 1 is 1.56 bits per heavy atom. The third-order valence-corrected chi connectivity index (χ3v) is 1.85. The van der Waals surface area contributed by atoms with Crippen LogP contribution in [0.25, 0.3) is 0 Å². The molecule has 1 fully saturated rings. The molecule has 0 aromatic carbocycles. The van der Waals surface area contributed by atoms with Crippen LogP contribution in [0.2, 0.25) is 0 Å². The molecule has 2 radical (unpaired) electrons. The van der Waals surface area contributed by atoms with E-state index in [-0.39, 0.29) is 5.41 Å². The fourth-order valence-electron chi connectivity index (χ4n) is 1.04. The summed E-state index contributed by atoms with van der Waals surface area (Å²) in [4.78, 5) is 11.1. The maximum Gasteiger partial charge on any atom is 0.138 e. The molecule has 0 aromatic heterocycles. The van der Waals surface area contributed by atoms with E-state index in [1.165, 1.54) is 0 Å². The van der Waals surface area contributed by atoms with E-state index in [2.05, 4.69) is 6.42 Å². The van der Waals surface area contributed by atoms with Crippen LogP contribution >= 0.6 is 0 Å². The van der Waals surface area contributed by atoms with Crippen LogP contribution < -0.4 is 0 Å². The number of carbonyl (C=O) groups excluding carboxylic acids is 1. The van der Waals surface area contributed by atoms with Gasteiger partial charge in [0, 0.05) is 11.8 Å². The van der Waals surface area contributed by atoms with E-state index in [4.69, 9.17) is 0 Å². The lowest BCUT2D eigenvalue weighted by Crippen LogP contribution is -2.27. The second kappa shape index (κ2) is 2.13. The summed E-state index contributed by atoms with van der Waals surface area (Å²) >= 11 is 0. The minimum atomic E-state index is -0.113. The fraction of sp³-hybridized carbons (Fsp3) is 0.750. The minimum absolute atomic E-state index is 0.113. The molecule has 0 unspecified atom stereocenters. The Hall–Kier alpha value is -0.330. The summed E-state index contributed by atoms with van der Waals surface area (Å²) in [7, 11) is 0. The van der Waals surface area contributed by atoms with E-state index in [9.17, 15) is 4.79 Å². The van der Waals surface area contributed by atoms with E-state index < -0.39 is 0 Å². The van der Waals surface area contributed by atoms with Gasteiger partial charge in [-0.05, 0) is 19.3 Å². The van der Waals surface area contributed by atoms with Gasteiger partial charge in [-0.15, -0.1) is 0 Å². The molecule has 0 atom stereocenters. The molecule has 0 saturated heterocycles. The van der Waals surface area contributed by atoms with Crippen LogP contribution in [0.15, 0.2) is 0 Å². The molecule has 1 rings (SSSR count). The van der Waals surface area contributed by atoms with Crippen molar-refractivity contribution < 1.29 is 4.79 Å². The lowest BCUT2D eigenvalue weighted by molar-refractivity contribution is -0.128. The summed E-state index contributed by atoms with van der Waals surface area (Å²) in [5.41, 5.74) is -0.113. The van der Waals surface area contributed by atoms with Gasteiger partial charge in [0.1, 0.15) is 5.78 Å². The third-order valence-electron chi connectivity index (χ3n) is 1.85. The zero-order valence-electron chi connectivity index (χ0n) is 6.03. The molecule has 0 amide bonds. The summed E-state index contributed by atoms with van der Waals surface area (Å²) in [5.74, 6) is 0.390. The number of rotatable bonds is 0. The molecule has 50 valence electrons. The predicted molar refractivity (Wildman–Crippen MR) is 35.9 cm³/mol. The molecule has 0 spiro atoms. The molecular weight excluding hydrogens is 112 g/mol. The molecule has 1 saturated carbocycles. The molecule has 1 heteroatoms. The Bertz CT molecular complexity index is 125. The first kappa shape index (κ1) is 6.79. The monoisotopic (exact) mass is 124 g/mol. The maximum absolute atomic E-state index is 11.1. The Morgan fingerprint density at radius 2 is 2.22 bits per heavy atom. The van der Waals surface area contributed by atoms with Gasteiger partial charge in [-0.3, -0.25) is 4.79 Å². The van der Waals surface area contributed by atoms with Crippen molar-refractivity contribution in [3.05, 3.63) is 6.42 Å². The summed E-state index contributed by atoms with van der Waals surface area (Å²) in [5, 5.41) is 0. The smallest absolute Gasteiger partial charge is 0.138 e. The van der Waals surface area contributed by atoms with Crippen LogP contribution in [-0.4, -0.2) is 5.78 Å². The van der Waals surface area contributed by atoms with Gasteiger partial charge in [0.05, 0.1) is 0 Å². The van der Waals surface area contributed by atoms with E-state index in [1.54, 1.807) is 0 Å². The number of Topliss-reactive ketones (excluding diaryl/α,β-unsaturated/α-hetero) is 1. The molecule has 1 aliphatic rings. The first-order valence-corrected chi connectivity index (χ1v) is 3.37. The highest BCUT2D eigenvalue weighted by molar-refractivity contribution is 5.85. The Kier molecular flexibility index (Phi) is 1.60. The number of hydrogen-bond acceptors (Lipinski definition) is 1. The molecule has 0 bridgehead atoms. The summed E-state index contributed by atoms with van der Waals surface area (Å²) in [6, 6.07) is 0. The first-order chi connectivity index (χ1) is 4.13. The van der Waals surface area contributed by atoms with Crippen molar-refractivity contribution in [2.45, 2.75) is 33.1 Å². The lowest BCUT2D eigenvalue weighted by Gasteiger charge is -2.26. The quantitative estimate of drug-likeness (QED) is 0.481. The van der Waals surface area contributed by atoms with Crippen LogP contribution in [-0.2, 0) is 4.79 Å². The van der Waals surface area contributed by atoms with Crippen LogP contribution in [0.5, 0.6) is 0 Å². The number of carbonyl (C=O) groups is 1. The SMILES string of the molecule is CC1(C)C[C]CCC1=O. The highest BCUT2D eigenvalue weighted by Gasteiger charge is 2.29. The normalized spacial score (nSPS) is 26.2. The van der Waals surface area contributed by atoms with Crippen molar-refractivity contribution in [1.29, 1.82) is 0 Å². The standard InChI is InChI=1S/C8H12O/c1-8(2)6-4-3-5-7(8)9/h3,5-6H2,1-2H3. The van der Waals surface area contributed by atoms with Gasteiger partial charge in [-0.2, -0.15) is 0 Å². The van der Waals surface area contributed by atoms with E-state index in [1.807, 2.05) is 13.8 Å². The Morgan fingerprint density at radius 3 is 2.56 bits per heavy atom. The van der Waals surface area contributed by atoms with Gasteiger partial charge in [-0.25, -0.2) is 0 Å².